The number of rotatable bonds is 5. The lowest BCUT2D eigenvalue weighted by Crippen LogP contribution is -2.35. The molecule has 1 aliphatic heterocycles. The van der Waals surface area contributed by atoms with Crippen LogP contribution in [0.5, 0.6) is 0 Å². The minimum absolute atomic E-state index is 0.0384. The van der Waals surface area contributed by atoms with Crippen LogP contribution in [0.3, 0.4) is 0 Å². The molecule has 1 amide bonds. The Morgan fingerprint density at radius 3 is 2.69 bits per heavy atom. The zero-order valence-corrected chi connectivity index (χ0v) is 15.9. The van der Waals surface area contributed by atoms with Crippen molar-refractivity contribution in [2.24, 2.45) is 14.1 Å². The molecule has 0 unspecified atom stereocenters. The predicted molar refractivity (Wildman–Crippen MR) is 98.8 cm³/mol. The summed E-state index contributed by atoms with van der Waals surface area (Å²) < 4.78 is 4.22. The normalized spacial score (nSPS) is 21.1. The second-order valence-electron chi connectivity index (χ2n) is 7.57. The molecule has 1 aliphatic carbocycles. The molecular weight excluding hydrogens is 328 g/mol. The number of hydrogen-bond acceptors (Lipinski definition) is 4. The molecule has 2 aromatic rings. The Kier molecular flexibility index (Phi) is 4.56. The fourth-order valence-electron chi connectivity index (χ4n) is 4.12. The van der Waals surface area contributed by atoms with Crippen LogP contribution < -0.4 is 5.32 Å². The summed E-state index contributed by atoms with van der Waals surface area (Å²) in [5, 5.41) is 11.6. The van der Waals surface area contributed by atoms with Gasteiger partial charge in [0.2, 0.25) is 0 Å². The smallest absolute Gasteiger partial charge is 0.267 e. The van der Waals surface area contributed by atoms with Gasteiger partial charge in [0.1, 0.15) is 17.3 Å². The third-order valence-electron chi connectivity index (χ3n) is 5.86. The molecule has 7 nitrogen and oxygen atoms in total. The monoisotopic (exact) mass is 356 g/mol. The van der Waals surface area contributed by atoms with Gasteiger partial charge in [0.25, 0.3) is 5.91 Å². The van der Waals surface area contributed by atoms with Gasteiger partial charge in [-0.1, -0.05) is 6.42 Å². The minimum atomic E-state index is -0.0384. The molecule has 0 radical (unpaired) electrons. The van der Waals surface area contributed by atoms with Gasteiger partial charge in [-0.25, -0.2) is 0 Å². The molecular formula is C19H28N6O. The standard InChI is InChI=1S/C19H28N6O/c1-20-19(26)16-10-9-14(23(16)2)15-6-4-5-11-25(15)12-17-21-22-18(24(17)3)13-7-8-13/h9-10,13,15H,4-8,11-12H2,1-3H3,(H,20,26)/t15-/m1/s1. The predicted octanol–water partition coefficient (Wildman–Crippen LogP) is 2.12. The topological polar surface area (TPSA) is 68.0 Å². The van der Waals surface area contributed by atoms with Crippen molar-refractivity contribution in [1.82, 2.24) is 29.5 Å². The van der Waals surface area contributed by atoms with Gasteiger partial charge in [0.15, 0.2) is 0 Å². The van der Waals surface area contributed by atoms with E-state index >= 15 is 0 Å². The Bertz CT molecular complexity index is 803. The number of carbonyl (C=O) groups excluding carboxylic acids is 1. The molecule has 0 spiro atoms. The SMILES string of the molecule is CNC(=O)c1ccc([C@H]2CCCCN2Cc2nnc(C3CC3)n2C)n1C. The molecule has 7 heteroatoms. The lowest BCUT2D eigenvalue weighted by atomic mass is 9.99. The molecule has 1 saturated carbocycles. The summed E-state index contributed by atoms with van der Waals surface area (Å²) >= 11 is 0. The number of nitrogens with one attached hydrogen (secondary N) is 1. The van der Waals surface area contributed by atoms with Crippen LogP contribution in [0.1, 0.15) is 71.9 Å². The van der Waals surface area contributed by atoms with Crippen molar-refractivity contribution in [3.05, 3.63) is 35.2 Å². The van der Waals surface area contributed by atoms with Crippen LogP contribution in [0.25, 0.3) is 0 Å². The molecule has 0 aromatic carbocycles. The molecule has 1 atom stereocenters. The average Bonchev–Trinajstić information content (AvgIpc) is 3.33. The third kappa shape index (κ3) is 3.05. The molecule has 1 N–H and O–H groups in total. The van der Waals surface area contributed by atoms with E-state index in [2.05, 4.69) is 38.1 Å². The summed E-state index contributed by atoms with van der Waals surface area (Å²) in [4.78, 5) is 14.5. The highest BCUT2D eigenvalue weighted by molar-refractivity contribution is 5.92. The van der Waals surface area contributed by atoms with Gasteiger partial charge >= 0.3 is 0 Å². The quantitative estimate of drug-likeness (QED) is 0.891. The van der Waals surface area contributed by atoms with Crippen LogP contribution in [-0.2, 0) is 20.6 Å². The fourth-order valence-corrected chi connectivity index (χ4v) is 4.12. The number of likely N-dealkylation sites (tertiary alicyclic amines) is 1. The Balaban J connectivity index is 1.57. The Hall–Kier alpha value is -2.15. The van der Waals surface area contributed by atoms with Crippen molar-refractivity contribution < 1.29 is 4.79 Å². The van der Waals surface area contributed by atoms with Gasteiger partial charge < -0.3 is 14.5 Å². The van der Waals surface area contributed by atoms with Crippen molar-refractivity contribution in [3.63, 3.8) is 0 Å². The molecule has 4 rings (SSSR count). The summed E-state index contributed by atoms with van der Waals surface area (Å²) in [6, 6.07) is 4.34. The van der Waals surface area contributed by atoms with Gasteiger partial charge in [-0.15, -0.1) is 10.2 Å². The molecule has 2 aromatic heterocycles. The highest BCUT2D eigenvalue weighted by Crippen LogP contribution is 2.39. The first kappa shape index (κ1) is 17.3. The van der Waals surface area contributed by atoms with E-state index in [-0.39, 0.29) is 5.91 Å². The third-order valence-corrected chi connectivity index (χ3v) is 5.86. The maximum atomic E-state index is 12.1. The van der Waals surface area contributed by atoms with Crippen molar-refractivity contribution in [3.8, 4) is 0 Å². The van der Waals surface area contributed by atoms with E-state index in [0.29, 0.717) is 17.7 Å². The Morgan fingerprint density at radius 1 is 1.15 bits per heavy atom. The first-order valence-electron chi connectivity index (χ1n) is 9.60. The summed E-state index contributed by atoms with van der Waals surface area (Å²) in [7, 11) is 5.75. The van der Waals surface area contributed by atoms with Crippen LogP contribution in [-0.4, -0.2) is 43.7 Å². The number of carbonyl (C=O) groups is 1. The van der Waals surface area contributed by atoms with Gasteiger partial charge in [0.05, 0.1) is 12.6 Å². The van der Waals surface area contributed by atoms with Crippen LogP contribution in [0.15, 0.2) is 12.1 Å². The van der Waals surface area contributed by atoms with Gasteiger partial charge in [-0.05, 0) is 44.4 Å². The summed E-state index contributed by atoms with van der Waals surface area (Å²) in [6.07, 6.45) is 6.01. The summed E-state index contributed by atoms with van der Waals surface area (Å²) in [5.74, 6) is 2.75. The number of hydrogen-bond donors (Lipinski definition) is 1. The second kappa shape index (κ2) is 6.87. The zero-order valence-electron chi connectivity index (χ0n) is 15.9. The number of piperidine rings is 1. The van der Waals surface area contributed by atoms with Crippen LogP contribution in [0.4, 0.5) is 0 Å². The first-order chi connectivity index (χ1) is 12.6. The minimum Gasteiger partial charge on any atom is -0.354 e. The van der Waals surface area contributed by atoms with Crippen molar-refractivity contribution in [1.29, 1.82) is 0 Å². The van der Waals surface area contributed by atoms with E-state index in [0.717, 1.165) is 31.2 Å². The van der Waals surface area contributed by atoms with Crippen LogP contribution in [0, 0.1) is 0 Å². The average molecular weight is 356 g/mol. The molecule has 2 fully saturated rings. The van der Waals surface area contributed by atoms with Crippen molar-refractivity contribution >= 4 is 5.91 Å². The van der Waals surface area contributed by atoms with E-state index in [1.807, 2.05) is 17.7 Å². The lowest BCUT2D eigenvalue weighted by Gasteiger charge is -2.35. The van der Waals surface area contributed by atoms with Crippen LogP contribution in [0.2, 0.25) is 0 Å². The zero-order chi connectivity index (χ0) is 18.3. The number of amides is 1. The van der Waals surface area contributed by atoms with E-state index in [1.165, 1.54) is 31.4 Å². The van der Waals surface area contributed by atoms with E-state index in [4.69, 9.17) is 0 Å². The van der Waals surface area contributed by atoms with E-state index < -0.39 is 0 Å². The molecule has 140 valence electrons. The molecule has 3 heterocycles. The second-order valence-corrected chi connectivity index (χ2v) is 7.57. The number of nitrogens with zero attached hydrogens (tertiary/aromatic N) is 5. The summed E-state index contributed by atoms with van der Waals surface area (Å²) in [6.45, 7) is 1.86. The molecule has 1 saturated heterocycles. The Morgan fingerprint density at radius 2 is 1.96 bits per heavy atom. The Labute approximate surface area is 154 Å². The maximum Gasteiger partial charge on any atom is 0.267 e. The number of aromatic nitrogens is 4. The highest BCUT2D eigenvalue weighted by Gasteiger charge is 2.31. The van der Waals surface area contributed by atoms with Crippen LogP contribution >= 0.6 is 0 Å². The largest absolute Gasteiger partial charge is 0.354 e. The van der Waals surface area contributed by atoms with Crippen molar-refractivity contribution in [2.75, 3.05) is 13.6 Å². The maximum absolute atomic E-state index is 12.1. The van der Waals surface area contributed by atoms with Crippen molar-refractivity contribution in [2.45, 2.75) is 50.6 Å². The lowest BCUT2D eigenvalue weighted by molar-refractivity contribution is 0.0952. The van der Waals surface area contributed by atoms with E-state index in [1.54, 1.807) is 7.05 Å². The van der Waals surface area contributed by atoms with Gasteiger partial charge in [-0.2, -0.15) is 0 Å². The fraction of sp³-hybridized carbons (Fsp3) is 0.632. The van der Waals surface area contributed by atoms with Gasteiger partial charge in [-0.3, -0.25) is 9.69 Å². The summed E-state index contributed by atoms with van der Waals surface area (Å²) in [5.41, 5.74) is 1.91. The van der Waals surface area contributed by atoms with Gasteiger partial charge in [0, 0.05) is 32.8 Å². The molecule has 26 heavy (non-hydrogen) atoms. The highest BCUT2D eigenvalue weighted by atomic mass is 16.1. The van der Waals surface area contributed by atoms with E-state index in [9.17, 15) is 4.79 Å². The first-order valence-corrected chi connectivity index (χ1v) is 9.60. The molecule has 0 bridgehead atoms. The molecule has 2 aliphatic rings.